The van der Waals surface area contributed by atoms with Gasteiger partial charge in [-0.05, 0) is 53.8 Å². The highest BCUT2D eigenvalue weighted by Crippen LogP contribution is 2.85. The molecule has 0 aliphatic heterocycles. The van der Waals surface area contributed by atoms with Gasteiger partial charge in [0.1, 0.15) is 5.78 Å². The fourth-order valence-corrected chi connectivity index (χ4v) is 6.15. The fourth-order valence-electron chi connectivity index (χ4n) is 6.15. The molecule has 5 rings (SSSR count). The molecule has 1 heteroatoms. The van der Waals surface area contributed by atoms with Gasteiger partial charge >= 0.3 is 0 Å². The van der Waals surface area contributed by atoms with Crippen LogP contribution in [0.5, 0.6) is 0 Å². The topological polar surface area (TPSA) is 17.1 Å². The summed E-state index contributed by atoms with van der Waals surface area (Å²) in [4.78, 5) is 12.0. The normalized spacial score (nSPS) is 66.7. The molecule has 0 aromatic heterocycles. The average molecular weight is 218 g/mol. The zero-order valence-corrected chi connectivity index (χ0v) is 10.7. The summed E-state index contributed by atoms with van der Waals surface area (Å²) >= 11 is 0. The van der Waals surface area contributed by atoms with Crippen molar-refractivity contribution < 1.29 is 4.79 Å². The van der Waals surface area contributed by atoms with Crippen LogP contribution >= 0.6 is 0 Å². The van der Waals surface area contributed by atoms with Crippen molar-refractivity contribution in [3.8, 4) is 0 Å². The van der Waals surface area contributed by atoms with E-state index in [4.69, 9.17) is 0 Å². The molecule has 4 bridgehead atoms. The molecule has 5 fully saturated rings. The average Bonchev–Trinajstić information content (AvgIpc) is 2.66. The van der Waals surface area contributed by atoms with Crippen LogP contribution in [0, 0.1) is 34.0 Å². The Morgan fingerprint density at radius 3 is 2.50 bits per heavy atom. The minimum atomic E-state index is 0.326. The van der Waals surface area contributed by atoms with Gasteiger partial charge in [-0.2, -0.15) is 0 Å². The highest BCUT2D eigenvalue weighted by atomic mass is 16.1. The highest BCUT2D eigenvalue weighted by molar-refractivity contribution is 5.83. The standard InChI is InChI=1S/C15H22O/c1-9-12(16)4-5-15-7-11-10(6-14(9,15)3)13(11,2)8-15/h9-11H,4-8H2,1-3H3/t9-,10+,11-,13-,14+,15+/m1/s1. The van der Waals surface area contributed by atoms with Crippen molar-refractivity contribution in [1.29, 1.82) is 0 Å². The summed E-state index contributed by atoms with van der Waals surface area (Å²) in [5, 5.41) is 0. The van der Waals surface area contributed by atoms with Crippen molar-refractivity contribution in [2.75, 3.05) is 0 Å². The van der Waals surface area contributed by atoms with Gasteiger partial charge in [0.15, 0.2) is 0 Å². The fraction of sp³-hybridized carbons (Fsp3) is 0.933. The molecule has 0 aromatic carbocycles. The molecule has 0 saturated heterocycles. The quantitative estimate of drug-likeness (QED) is 0.609. The van der Waals surface area contributed by atoms with Crippen molar-refractivity contribution in [1.82, 2.24) is 0 Å². The molecule has 16 heavy (non-hydrogen) atoms. The van der Waals surface area contributed by atoms with E-state index in [0.717, 1.165) is 18.3 Å². The maximum absolute atomic E-state index is 12.0. The van der Waals surface area contributed by atoms with Crippen LogP contribution < -0.4 is 0 Å². The van der Waals surface area contributed by atoms with Crippen LogP contribution in [-0.2, 0) is 4.79 Å². The van der Waals surface area contributed by atoms with Crippen molar-refractivity contribution >= 4 is 5.78 Å². The summed E-state index contributed by atoms with van der Waals surface area (Å²) in [5.41, 5.74) is 1.59. The molecule has 5 aliphatic carbocycles. The largest absolute Gasteiger partial charge is 0.299 e. The summed E-state index contributed by atoms with van der Waals surface area (Å²) in [6.45, 7) is 7.15. The second kappa shape index (κ2) is 2.28. The van der Waals surface area contributed by atoms with Gasteiger partial charge in [-0.1, -0.05) is 20.8 Å². The van der Waals surface area contributed by atoms with Gasteiger partial charge in [-0.25, -0.2) is 0 Å². The van der Waals surface area contributed by atoms with E-state index < -0.39 is 0 Å². The Labute approximate surface area is 98.0 Å². The smallest absolute Gasteiger partial charge is 0.136 e. The Morgan fingerprint density at radius 1 is 1.19 bits per heavy atom. The minimum absolute atomic E-state index is 0.326. The van der Waals surface area contributed by atoms with Crippen LogP contribution in [-0.4, -0.2) is 5.78 Å². The predicted molar refractivity (Wildman–Crippen MR) is 62.9 cm³/mol. The molecule has 1 nitrogen and oxygen atoms in total. The number of hydrogen-bond donors (Lipinski definition) is 0. The van der Waals surface area contributed by atoms with Gasteiger partial charge in [0.05, 0.1) is 0 Å². The molecule has 5 saturated carbocycles. The molecular weight excluding hydrogens is 196 g/mol. The number of ketones is 1. The van der Waals surface area contributed by atoms with Crippen molar-refractivity contribution in [3.63, 3.8) is 0 Å². The minimum Gasteiger partial charge on any atom is -0.299 e. The van der Waals surface area contributed by atoms with Gasteiger partial charge in [0.25, 0.3) is 0 Å². The monoisotopic (exact) mass is 218 g/mol. The Morgan fingerprint density at radius 2 is 1.88 bits per heavy atom. The van der Waals surface area contributed by atoms with Crippen LogP contribution in [0.1, 0.15) is 52.9 Å². The first kappa shape index (κ1) is 9.67. The predicted octanol–water partition coefficient (Wildman–Crippen LogP) is 3.43. The van der Waals surface area contributed by atoms with Gasteiger partial charge in [0, 0.05) is 12.3 Å². The van der Waals surface area contributed by atoms with Gasteiger partial charge in [0.2, 0.25) is 0 Å². The third kappa shape index (κ3) is 0.734. The highest BCUT2D eigenvalue weighted by Gasteiger charge is 2.79. The lowest BCUT2D eigenvalue weighted by molar-refractivity contribution is -0.150. The van der Waals surface area contributed by atoms with Crippen molar-refractivity contribution in [2.24, 2.45) is 34.0 Å². The summed E-state index contributed by atoms with van der Waals surface area (Å²) in [6, 6.07) is 0. The number of hydrogen-bond acceptors (Lipinski definition) is 1. The molecule has 0 N–H and O–H groups in total. The summed E-state index contributed by atoms with van der Waals surface area (Å²) in [6.07, 6.45) is 6.29. The SMILES string of the molecule is C[C@@H]1C(=O)CC[C@@]23C[C@@H]4[C@H](C[C@@]12C)[C@@]4(C)C3. The van der Waals surface area contributed by atoms with Crippen LogP contribution in [0.25, 0.3) is 0 Å². The molecule has 0 unspecified atom stereocenters. The Kier molecular flexibility index (Phi) is 1.38. The molecule has 0 aromatic rings. The number of carbonyl (C=O) groups excluding carboxylic acids is 1. The number of rotatable bonds is 0. The first-order chi connectivity index (χ1) is 7.43. The molecule has 5 aliphatic rings. The molecule has 0 heterocycles. The third-order valence-electron chi connectivity index (χ3n) is 7.54. The van der Waals surface area contributed by atoms with Gasteiger partial charge < -0.3 is 0 Å². The van der Waals surface area contributed by atoms with E-state index in [-0.39, 0.29) is 0 Å². The van der Waals surface area contributed by atoms with Crippen LogP contribution in [0.2, 0.25) is 0 Å². The molecule has 6 atom stereocenters. The molecular formula is C15H22O. The van der Waals surface area contributed by atoms with Crippen LogP contribution in [0.3, 0.4) is 0 Å². The molecule has 0 amide bonds. The molecule has 0 radical (unpaired) electrons. The lowest BCUT2D eigenvalue weighted by Gasteiger charge is -2.59. The van der Waals surface area contributed by atoms with Crippen molar-refractivity contribution in [3.05, 3.63) is 0 Å². The zero-order valence-electron chi connectivity index (χ0n) is 10.7. The van der Waals surface area contributed by atoms with E-state index in [1.54, 1.807) is 0 Å². The van der Waals surface area contributed by atoms with E-state index in [1.807, 2.05) is 0 Å². The Balaban J connectivity index is 1.82. The first-order valence-electron chi connectivity index (χ1n) is 6.96. The zero-order chi connectivity index (χ0) is 11.3. The van der Waals surface area contributed by atoms with E-state index in [2.05, 4.69) is 20.8 Å². The Hall–Kier alpha value is -0.330. The Bertz CT molecular complexity index is 400. The van der Waals surface area contributed by atoms with Crippen LogP contribution in [0.15, 0.2) is 0 Å². The van der Waals surface area contributed by atoms with Crippen molar-refractivity contribution in [2.45, 2.75) is 52.9 Å². The first-order valence-corrected chi connectivity index (χ1v) is 6.96. The van der Waals surface area contributed by atoms with E-state index >= 15 is 0 Å². The molecule has 1 spiro atoms. The lowest BCUT2D eigenvalue weighted by atomic mass is 9.45. The summed E-state index contributed by atoms with van der Waals surface area (Å²) < 4.78 is 0. The van der Waals surface area contributed by atoms with Gasteiger partial charge in [-0.3, -0.25) is 4.79 Å². The van der Waals surface area contributed by atoms with E-state index in [9.17, 15) is 4.79 Å². The van der Waals surface area contributed by atoms with E-state index in [1.165, 1.54) is 25.7 Å². The van der Waals surface area contributed by atoms with Gasteiger partial charge in [-0.15, -0.1) is 0 Å². The van der Waals surface area contributed by atoms with Crippen LogP contribution in [0.4, 0.5) is 0 Å². The third-order valence-corrected chi connectivity index (χ3v) is 7.54. The lowest BCUT2D eigenvalue weighted by Crippen LogP contribution is -2.54. The maximum atomic E-state index is 12.0. The maximum Gasteiger partial charge on any atom is 0.136 e. The second-order valence-corrected chi connectivity index (χ2v) is 7.69. The number of carbonyl (C=O) groups is 1. The second-order valence-electron chi connectivity index (χ2n) is 7.69. The number of Topliss-reactive ketones (excluding diaryl/α,β-unsaturated/α-hetero) is 1. The van der Waals surface area contributed by atoms with E-state index in [0.29, 0.717) is 27.9 Å². The molecule has 88 valence electrons. The summed E-state index contributed by atoms with van der Waals surface area (Å²) in [5.74, 6) is 2.86. The summed E-state index contributed by atoms with van der Waals surface area (Å²) in [7, 11) is 0.